The topological polar surface area (TPSA) is 95.2 Å². The Balaban J connectivity index is 1.70. The molecule has 4 rings (SSSR count). The molecule has 0 spiro atoms. The van der Waals surface area contributed by atoms with Gasteiger partial charge < -0.3 is 4.74 Å². The van der Waals surface area contributed by atoms with Crippen LogP contribution in [0, 0.1) is 0 Å². The van der Waals surface area contributed by atoms with Gasteiger partial charge in [-0.05, 0) is 35.4 Å². The molecule has 0 unspecified atom stereocenters. The summed E-state index contributed by atoms with van der Waals surface area (Å²) in [6.45, 7) is 0. The summed E-state index contributed by atoms with van der Waals surface area (Å²) < 4.78 is 28.8. The smallest absolute Gasteiger partial charge is 0.238 e. The zero-order chi connectivity index (χ0) is 20.4. The summed E-state index contributed by atoms with van der Waals surface area (Å²) in [5, 5.41) is 5.69. The second-order valence-corrected chi connectivity index (χ2v) is 8.44. The van der Waals surface area contributed by atoms with Crippen molar-refractivity contribution in [2.24, 2.45) is 5.14 Å². The molecule has 0 fully saturated rings. The van der Waals surface area contributed by atoms with E-state index < -0.39 is 10.0 Å². The van der Waals surface area contributed by atoms with Crippen LogP contribution < -0.4 is 9.88 Å². The van der Waals surface area contributed by atoms with E-state index in [4.69, 9.17) is 21.5 Å². The van der Waals surface area contributed by atoms with E-state index in [0.717, 1.165) is 11.1 Å². The molecule has 0 saturated carbocycles. The molecule has 2 N–H and O–H groups in total. The molecule has 0 aliphatic carbocycles. The van der Waals surface area contributed by atoms with Crippen LogP contribution in [0.3, 0.4) is 0 Å². The number of para-hydroxylation sites is 2. The zero-order valence-electron chi connectivity index (χ0n) is 15.1. The van der Waals surface area contributed by atoms with Gasteiger partial charge in [0.15, 0.2) is 0 Å². The number of sulfonamides is 1. The molecule has 1 aromatic heterocycles. The first-order valence-corrected chi connectivity index (χ1v) is 10.8. The number of hydrogen-bond acceptors (Lipinski definition) is 5. The molecule has 0 amide bonds. The van der Waals surface area contributed by atoms with Crippen LogP contribution in [0.15, 0.2) is 72.9 Å². The Kier molecular flexibility index (Phi) is 5.19. The molecular weight excluding hydrogens is 410 g/mol. The van der Waals surface area contributed by atoms with Crippen molar-refractivity contribution in [1.82, 2.24) is 9.97 Å². The molecule has 0 aliphatic heterocycles. The van der Waals surface area contributed by atoms with Crippen LogP contribution in [0.25, 0.3) is 22.2 Å². The van der Waals surface area contributed by atoms with E-state index in [2.05, 4.69) is 9.97 Å². The van der Waals surface area contributed by atoms with Gasteiger partial charge in [-0.3, -0.25) is 0 Å². The van der Waals surface area contributed by atoms with Crippen LogP contribution in [0.1, 0.15) is 5.56 Å². The molecule has 0 aliphatic rings. The van der Waals surface area contributed by atoms with Crippen molar-refractivity contribution < 1.29 is 13.2 Å². The van der Waals surface area contributed by atoms with Gasteiger partial charge >= 0.3 is 0 Å². The average Bonchev–Trinajstić information content (AvgIpc) is 2.67. The van der Waals surface area contributed by atoms with Crippen molar-refractivity contribution in [2.75, 3.05) is 0 Å². The first kappa shape index (κ1) is 19.3. The summed E-state index contributed by atoms with van der Waals surface area (Å²) in [7, 11) is -3.62. The van der Waals surface area contributed by atoms with Gasteiger partial charge in [-0.15, -0.1) is 0 Å². The number of hydrogen-bond donors (Lipinski definition) is 1. The third-order valence-electron chi connectivity index (χ3n) is 4.21. The maximum atomic E-state index is 11.4. The molecule has 0 atom stereocenters. The highest BCUT2D eigenvalue weighted by atomic mass is 35.5. The van der Waals surface area contributed by atoms with E-state index in [9.17, 15) is 8.42 Å². The highest BCUT2D eigenvalue weighted by Crippen LogP contribution is 2.33. The maximum Gasteiger partial charge on any atom is 0.238 e. The second-order valence-electron chi connectivity index (χ2n) is 6.42. The standard InChI is InChI=1S/C21H16ClN3O3S/c22-17-8-4-9-18-21(17)24-12-20(25-18)28-19-10-2-1-7-16(19)15-6-3-5-14(11-15)13-29(23,26)27/h1-12H,13H2,(H2,23,26,27). The largest absolute Gasteiger partial charge is 0.437 e. The number of benzene rings is 3. The lowest BCUT2D eigenvalue weighted by Gasteiger charge is -2.12. The van der Waals surface area contributed by atoms with Crippen LogP contribution in [0.5, 0.6) is 11.6 Å². The number of ether oxygens (including phenoxy) is 1. The van der Waals surface area contributed by atoms with Gasteiger partial charge in [0.25, 0.3) is 0 Å². The maximum absolute atomic E-state index is 11.4. The SMILES string of the molecule is NS(=O)(=O)Cc1cccc(-c2ccccc2Oc2cnc3c(Cl)cccc3n2)c1. The van der Waals surface area contributed by atoms with Crippen LogP contribution in [0.4, 0.5) is 0 Å². The summed E-state index contributed by atoms with van der Waals surface area (Å²) >= 11 is 6.14. The van der Waals surface area contributed by atoms with Gasteiger partial charge in [-0.25, -0.2) is 23.5 Å². The fraction of sp³-hybridized carbons (Fsp3) is 0.0476. The Bertz CT molecular complexity index is 1310. The highest BCUT2D eigenvalue weighted by Gasteiger charge is 2.11. The average molecular weight is 426 g/mol. The quantitative estimate of drug-likeness (QED) is 0.506. The normalized spacial score (nSPS) is 11.5. The molecular formula is C21H16ClN3O3S. The fourth-order valence-corrected chi connectivity index (χ4v) is 3.87. The number of halogens is 1. The monoisotopic (exact) mass is 425 g/mol. The van der Waals surface area contributed by atoms with E-state index in [0.29, 0.717) is 33.2 Å². The highest BCUT2D eigenvalue weighted by molar-refractivity contribution is 7.88. The lowest BCUT2D eigenvalue weighted by molar-refractivity contribution is 0.464. The molecule has 3 aromatic carbocycles. The molecule has 0 saturated heterocycles. The summed E-state index contributed by atoms with van der Waals surface area (Å²) in [5.41, 5.74) is 3.42. The van der Waals surface area contributed by atoms with Gasteiger partial charge in [-0.1, -0.05) is 54.1 Å². The van der Waals surface area contributed by atoms with Gasteiger partial charge in [0.2, 0.25) is 15.9 Å². The predicted molar refractivity (Wildman–Crippen MR) is 113 cm³/mol. The number of primary sulfonamides is 1. The molecule has 1 heterocycles. The Morgan fingerprint density at radius 1 is 1.00 bits per heavy atom. The number of nitrogens with zero attached hydrogens (tertiary/aromatic N) is 2. The molecule has 6 nitrogen and oxygen atoms in total. The molecule has 146 valence electrons. The Morgan fingerprint density at radius 2 is 1.79 bits per heavy atom. The van der Waals surface area contributed by atoms with Gasteiger partial charge in [0.1, 0.15) is 11.3 Å². The van der Waals surface area contributed by atoms with Crippen LogP contribution in [-0.4, -0.2) is 18.4 Å². The van der Waals surface area contributed by atoms with Crippen molar-refractivity contribution in [3.05, 3.63) is 83.5 Å². The van der Waals surface area contributed by atoms with Gasteiger partial charge in [-0.2, -0.15) is 0 Å². The van der Waals surface area contributed by atoms with E-state index in [1.54, 1.807) is 30.3 Å². The summed E-state index contributed by atoms with van der Waals surface area (Å²) in [6, 6.07) is 19.9. The number of aromatic nitrogens is 2. The lowest BCUT2D eigenvalue weighted by Crippen LogP contribution is -2.14. The van der Waals surface area contributed by atoms with Crippen molar-refractivity contribution in [3.63, 3.8) is 0 Å². The first-order valence-electron chi connectivity index (χ1n) is 8.67. The summed E-state index contributed by atoms with van der Waals surface area (Å²) in [4.78, 5) is 8.80. The second kappa shape index (κ2) is 7.79. The Hall–Kier alpha value is -3.00. The third kappa shape index (κ3) is 4.54. The zero-order valence-corrected chi connectivity index (χ0v) is 16.7. The van der Waals surface area contributed by atoms with Crippen LogP contribution in [-0.2, 0) is 15.8 Å². The predicted octanol–water partition coefficient (Wildman–Crippen LogP) is 4.53. The van der Waals surface area contributed by atoms with Crippen molar-refractivity contribution >= 4 is 32.7 Å². The molecule has 0 bridgehead atoms. The van der Waals surface area contributed by atoms with Crippen LogP contribution in [0.2, 0.25) is 5.02 Å². The van der Waals surface area contributed by atoms with Crippen LogP contribution >= 0.6 is 11.6 Å². The molecule has 29 heavy (non-hydrogen) atoms. The van der Waals surface area contributed by atoms with Gasteiger partial charge in [0.05, 0.1) is 22.5 Å². The van der Waals surface area contributed by atoms with E-state index >= 15 is 0 Å². The third-order valence-corrected chi connectivity index (χ3v) is 5.25. The number of nitrogens with two attached hydrogens (primary N) is 1. The van der Waals surface area contributed by atoms with E-state index in [-0.39, 0.29) is 5.75 Å². The number of fused-ring (bicyclic) bond motifs is 1. The Morgan fingerprint density at radius 3 is 2.62 bits per heavy atom. The molecule has 4 aromatic rings. The Labute approximate surface area is 173 Å². The summed E-state index contributed by atoms with van der Waals surface area (Å²) in [6.07, 6.45) is 1.52. The van der Waals surface area contributed by atoms with Crippen molar-refractivity contribution in [1.29, 1.82) is 0 Å². The minimum Gasteiger partial charge on any atom is -0.437 e. The van der Waals surface area contributed by atoms with E-state index in [1.807, 2.05) is 36.4 Å². The van der Waals surface area contributed by atoms with Crippen molar-refractivity contribution in [3.8, 4) is 22.8 Å². The fourth-order valence-electron chi connectivity index (χ4n) is 3.01. The van der Waals surface area contributed by atoms with E-state index in [1.165, 1.54) is 6.20 Å². The molecule has 8 heteroatoms. The van der Waals surface area contributed by atoms with Gasteiger partial charge in [0, 0.05) is 5.56 Å². The first-order chi connectivity index (χ1) is 13.9. The summed E-state index contributed by atoms with van der Waals surface area (Å²) in [5.74, 6) is 0.657. The number of rotatable bonds is 5. The minimum atomic E-state index is -3.62. The minimum absolute atomic E-state index is 0.235. The lowest BCUT2D eigenvalue weighted by atomic mass is 10.0. The van der Waals surface area contributed by atoms with Crippen molar-refractivity contribution in [2.45, 2.75) is 5.75 Å². The molecule has 0 radical (unpaired) electrons.